The van der Waals surface area contributed by atoms with Gasteiger partial charge in [-0.15, -0.1) is 0 Å². The summed E-state index contributed by atoms with van der Waals surface area (Å²) in [6.45, 7) is 5.15. The summed E-state index contributed by atoms with van der Waals surface area (Å²) >= 11 is 5.87. The van der Waals surface area contributed by atoms with E-state index in [1.807, 2.05) is 6.92 Å². The van der Waals surface area contributed by atoms with Crippen molar-refractivity contribution in [1.82, 2.24) is 4.90 Å². The van der Waals surface area contributed by atoms with Crippen LogP contribution in [0, 0.1) is 6.92 Å². The Morgan fingerprint density at radius 2 is 1.79 bits per heavy atom. The van der Waals surface area contributed by atoms with E-state index < -0.39 is 0 Å². The number of anilines is 1. The number of hydrogen-bond acceptors (Lipinski definition) is 2. The first kappa shape index (κ1) is 16.8. The summed E-state index contributed by atoms with van der Waals surface area (Å²) in [5.41, 5.74) is 3.03. The number of hydrogen-bond donors (Lipinski definition) is 1. The molecule has 0 bridgehead atoms. The van der Waals surface area contributed by atoms with Gasteiger partial charge in [0.2, 0.25) is 0 Å². The molecule has 1 aliphatic rings. The Morgan fingerprint density at radius 3 is 2.46 bits per heavy atom. The molecule has 24 heavy (non-hydrogen) atoms. The van der Waals surface area contributed by atoms with Gasteiger partial charge in [-0.2, -0.15) is 0 Å². The van der Waals surface area contributed by atoms with Crippen LogP contribution in [-0.4, -0.2) is 30.1 Å². The summed E-state index contributed by atoms with van der Waals surface area (Å²) in [5.74, 6) is 0. The molecule has 3 rings (SSSR count). The maximum Gasteiger partial charge on any atom is 0.322 e. The van der Waals surface area contributed by atoms with Crippen LogP contribution in [0.2, 0.25) is 5.02 Å². The molecule has 0 saturated carbocycles. The molecule has 1 aliphatic heterocycles. The lowest BCUT2D eigenvalue weighted by molar-refractivity contribution is -0.0642. The second-order valence-corrected chi connectivity index (χ2v) is 6.62. The monoisotopic (exact) mass is 344 g/mol. The molecule has 5 heteroatoms. The zero-order valence-electron chi connectivity index (χ0n) is 13.8. The zero-order chi connectivity index (χ0) is 17.1. The Hall–Kier alpha value is -2.04. The van der Waals surface area contributed by atoms with Crippen molar-refractivity contribution < 1.29 is 9.53 Å². The lowest BCUT2D eigenvalue weighted by Crippen LogP contribution is -2.47. The highest BCUT2D eigenvalue weighted by Crippen LogP contribution is 2.26. The van der Waals surface area contributed by atoms with Crippen molar-refractivity contribution in [1.29, 1.82) is 0 Å². The summed E-state index contributed by atoms with van der Waals surface area (Å²) < 4.78 is 6.02. The Morgan fingerprint density at radius 1 is 1.12 bits per heavy atom. The second-order valence-electron chi connectivity index (χ2n) is 6.19. The number of rotatable bonds is 2. The van der Waals surface area contributed by atoms with Crippen molar-refractivity contribution in [3.05, 3.63) is 64.7 Å². The van der Waals surface area contributed by atoms with Crippen molar-refractivity contribution >= 4 is 23.3 Å². The van der Waals surface area contributed by atoms with Gasteiger partial charge in [0.05, 0.1) is 12.6 Å². The SMILES string of the molecule is Cc1ccc(C2CN(C(=O)Nc3ccc(Cl)cc3)CC(C)O2)cc1. The summed E-state index contributed by atoms with van der Waals surface area (Å²) in [5, 5.41) is 3.56. The molecule has 0 aliphatic carbocycles. The molecular weight excluding hydrogens is 324 g/mol. The first-order chi connectivity index (χ1) is 11.5. The highest BCUT2D eigenvalue weighted by atomic mass is 35.5. The number of benzene rings is 2. The fraction of sp³-hybridized carbons (Fsp3) is 0.316. The van der Waals surface area contributed by atoms with E-state index in [-0.39, 0.29) is 18.2 Å². The third-order valence-electron chi connectivity index (χ3n) is 4.09. The molecule has 1 heterocycles. The number of halogens is 1. The smallest absolute Gasteiger partial charge is 0.322 e. The van der Waals surface area contributed by atoms with Crippen LogP contribution in [0.25, 0.3) is 0 Å². The van der Waals surface area contributed by atoms with Crippen molar-refractivity contribution in [2.24, 2.45) is 0 Å². The molecule has 4 nitrogen and oxygen atoms in total. The molecule has 1 N–H and O–H groups in total. The molecule has 2 aromatic rings. The normalized spacial score (nSPS) is 20.7. The van der Waals surface area contributed by atoms with E-state index in [1.165, 1.54) is 5.56 Å². The molecule has 2 unspecified atom stereocenters. The molecule has 126 valence electrons. The van der Waals surface area contributed by atoms with Crippen molar-refractivity contribution in [3.63, 3.8) is 0 Å². The number of urea groups is 1. The molecule has 1 saturated heterocycles. The number of morpholine rings is 1. The molecular formula is C19H21ClN2O2. The molecule has 0 spiro atoms. The summed E-state index contributed by atoms with van der Waals surface area (Å²) in [4.78, 5) is 14.4. The number of aryl methyl sites for hydroxylation is 1. The lowest BCUT2D eigenvalue weighted by Gasteiger charge is -2.37. The van der Waals surface area contributed by atoms with E-state index in [9.17, 15) is 4.79 Å². The van der Waals surface area contributed by atoms with Gasteiger partial charge >= 0.3 is 6.03 Å². The minimum absolute atomic E-state index is 0.0129. The van der Waals surface area contributed by atoms with Gasteiger partial charge < -0.3 is 15.0 Å². The van der Waals surface area contributed by atoms with E-state index in [1.54, 1.807) is 29.2 Å². The summed E-state index contributed by atoms with van der Waals surface area (Å²) in [6.07, 6.45) is -0.119. The minimum atomic E-state index is -0.121. The van der Waals surface area contributed by atoms with Crippen LogP contribution in [0.5, 0.6) is 0 Å². The van der Waals surface area contributed by atoms with Crippen LogP contribution in [-0.2, 0) is 4.74 Å². The van der Waals surface area contributed by atoms with E-state index in [2.05, 4.69) is 36.5 Å². The quantitative estimate of drug-likeness (QED) is 0.862. The number of amides is 2. The van der Waals surface area contributed by atoms with Crippen LogP contribution in [0.4, 0.5) is 10.5 Å². The van der Waals surface area contributed by atoms with Crippen LogP contribution in [0.1, 0.15) is 24.2 Å². The fourth-order valence-corrected chi connectivity index (χ4v) is 2.94. The molecule has 2 aromatic carbocycles. The van der Waals surface area contributed by atoms with Gasteiger partial charge in [-0.05, 0) is 43.7 Å². The standard InChI is InChI=1S/C19H21ClN2O2/c1-13-3-5-15(6-4-13)18-12-22(11-14(2)24-18)19(23)21-17-9-7-16(20)8-10-17/h3-10,14,18H,11-12H2,1-2H3,(H,21,23). The third-order valence-corrected chi connectivity index (χ3v) is 4.34. The van der Waals surface area contributed by atoms with Gasteiger partial charge in [-0.1, -0.05) is 41.4 Å². The fourth-order valence-electron chi connectivity index (χ4n) is 2.82. The summed E-state index contributed by atoms with van der Waals surface area (Å²) in [6, 6.07) is 15.2. The summed E-state index contributed by atoms with van der Waals surface area (Å²) in [7, 11) is 0. The van der Waals surface area contributed by atoms with Crippen LogP contribution in [0.15, 0.2) is 48.5 Å². The van der Waals surface area contributed by atoms with Gasteiger partial charge in [0.15, 0.2) is 0 Å². The first-order valence-electron chi connectivity index (χ1n) is 8.05. The zero-order valence-corrected chi connectivity index (χ0v) is 14.6. The van der Waals surface area contributed by atoms with E-state index in [4.69, 9.17) is 16.3 Å². The van der Waals surface area contributed by atoms with E-state index >= 15 is 0 Å². The largest absolute Gasteiger partial charge is 0.367 e. The molecule has 1 fully saturated rings. The number of nitrogens with one attached hydrogen (secondary N) is 1. The van der Waals surface area contributed by atoms with Crippen LogP contribution >= 0.6 is 11.6 Å². The lowest BCUT2D eigenvalue weighted by atomic mass is 10.1. The maximum atomic E-state index is 12.6. The number of carbonyl (C=O) groups is 1. The van der Waals surface area contributed by atoms with Crippen molar-refractivity contribution in [2.75, 3.05) is 18.4 Å². The topological polar surface area (TPSA) is 41.6 Å². The van der Waals surface area contributed by atoms with Crippen molar-refractivity contribution in [3.8, 4) is 0 Å². The molecule has 2 amide bonds. The van der Waals surface area contributed by atoms with Gasteiger partial charge in [0, 0.05) is 17.3 Å². The maximum absolute atomic E-state index is 12.6. The highest BCUT2D eigenvalue weighted by Gasteiger charge is 2.29. The van der Waals surface area contributed by atoms with Gasteiger partial charge in [-0.3, -0.25) is 0 Å². The molecule has 0 aromatic heterocycles. The third kappa shape index (κ3) is 4.08. The first-order valence-corrected chi connectivity index (χ1v) is 8.42. The van der Waals surface area contributed by atoms with E-state index in [0.717, 1.165) is 11.3 Å². The van der Waals surface area contributed by atoms with Gasteiger partial charge in [-0.25, -0.2) is 4.79 Å². The Kier molecular flexibility index (Phi) is 5.07. The predicted octanol–water partition coefficient (Wildman–Crippen LogP) is 4.64. The van der Waals surface area contributed by atoms with Gasteiger partial charge in [0.25, 0.3) is 0 Å². The predicted molar refractivity (Wildman–Crippen MR) is 96.5 cm³/mol. The van der Waals surface area contributed by atoms with E-state index in [0.29, 0.717) is 18.1 Å². The molecule has 2 atom stereocenters. The minimum Gasteiger partial charge on any atom is -0.367 e. The average Bonchev–Trinajstić information content (AvgIpc) is 2.57. The van der Waals surface area contributed by atoms with Gasteiger partial charge in [0.1, 0.15) is 6.10 Å². The number of ether oxygens (including phenoxy) is 1. The molecule has 0 radical (unpaired) electrons. The highest BCUT2D eigenvalue weighted by molar-refractivity contribution is 6.30. The number of nitrogens with zero attached hydrogens (tertiary/aromatic N) is 1. The average molecular weight is 345 g/mol. The Balaban J connectivity index is 1.69. The number of carbonyl (C=O) groups excluding carboxylic acids is 1. The van der Waals surface area contributed by atoms with Crippen molar-refractivity contribution in [2.45, 2.75) is 26.1 Å². The second kappa shape index (κ2) is 7.24. The Bertz CT molecular complexity index is 700. The van der Waals surface area contributed by atoms with Crippen LogP contribution < -0.4 is 5.32 Å². The Labute approximate surface area is 147 Å². The van der Waals surface area contributed by atoms with Crippen LogP contribution in [0.3, 0.4) is 0 Å².